The van der Waals surface area contributed by atoms with Crippen molar-refractivity contribution < 1.29 is 4.39 Å². The van der Waals surface area contributed by atoms with Crippen LogP contribution in [0.3, 0.4) is 0 Å². The molecule has 2 rings (SSSR count). The fraction of sp³-hybridized carbons (Fsp3) is 0.143. The van der Waals surface area contributed by atoms with Crippen LogP contribution in [0.5, 0.6) is 0 Å². The highest BCUT2D eigenvalue weighted by Gasteiger charge is 2.09. The second-order valence-electron chi connectivity index (χ2n) is 3.97. The molecule has 18 heavy (non-hydrogen) atoms. The summed E-state index contributed by atoms with van der Waals surface area (Å²) in [6.45, 7) is 0.443. The minimum atomic E-state index is -0.425. The highest BCUT2D eigenvalue weighted by molar-refractivity contribution is 6.31. The van der Waals surface area contributed by atoms with E-state index in [1.807, 2.05) is 30.3 Å². The van der Waals surface area contributed by atoms with E-state index in [-0.39, 0.29) is 11.1 Å². The van der Waals surface area contributed by atoms with Crippen molar-refractivity contribution in [3.05, 3.63) is 64.9 Å². The van der Waals surface area contributed by atoms with Gasteiger partial charge in [-0.1, -0.05) is 41.9 Å². The van der Waals surface area contributed by atoms with Crippen LogP contribution in [-0.4, -0.2) is 6.54 Å². The molecule has 0 heterocycles. The van der Waals surface area contributed by atoms with Gasteiger partial charge in [-0.15, -0.1) is 0 Å². The number of hydrogen-bond donors (Lipinski definition) is 2. The first kappa shape index (κ1) is 12.9. The summed E-state index contributed by atoms with van der Waals surface area (Å²) in [5.41, 5.74) is 7.59. The van der Waals surface area contributed by atoms with Crippen molar-refractivity contribution in [2.75, 3.05) is 11.9 Å². The van der Waals surface area contributed by atoms with Gasteiger partial charge in [0.25, 0.3) is 0 Å². The van der Waals surface area contributed by atoms with Crippen molar-refractivity contribution >= 4 is 17.3 Å². The minimum Gasteiger partial charge on any atom is -0.377 e. The first-order valence-corrected chi connectivity index (χ1v) is 6.05. The predicted molar refractivity (Wildman–Crippen MR) is 73.3 cm³/mol. The van der Waals surface area contributed by atoms with E-state index in [1.165, 1.54) is 6.07 Å². The van der Waals surface area contributed by atoms with Crippen LogP contribution in [0, 0.1) is 5.82 Å². The fourth-order valence-corrected chi connectivity index (χ4v) is 1.93. The number of rotatable bonds is 4. The third-order valence-electron chi connectivity index (χ3n) is 2.70. The number of nitrogens with one attached hydrogen (secondary N) is 1. The van der Waals surface area contributed by atoms with Crippen molar-refractivity contribution in [3.63, 3.8) is 0 Å². The number of anilines is 1. The van der Waals surface area contributed by atoms with E-state index in [9.17, 15) is 4.39 Å². The van der Waals surface area contributed by atoms with Crippen LogP contribution in [0.1, 0.15) is 11.6 Å². The lowest BCUT2D eigenvalue weighted by molar-refractivity contribution is 0.628. The maximum Gasteiger partial charge on any atom is 0.141 e. The van der Waals surface area contributed by atoms with Crippen molar-refractivity contribution in [2.24, 2.45) is 5.73 Å². The van der Waals surface area contributed by atoms with Crippen LogP contribution < -0.4 is 11.1 Å². The van der Waals surface area contributed by atoms with Gasteiger partial charge in [0.2, 0.25) is 0 Å². The molecule has 0 saturated carbocycles. The smallest absolute Gasteiger partial charge is 0.141 e. The number of halogens is 2. The van der Waals surface area contributed by atoms with Gasteiger partial charge >= 0.3 is 0 Å². The lowest BCUT2D eigenvalue weighted by Crippen LogP contribution is -2.20. The average molecular weight is 265 g/mol. The summed E-state index contributed by atoms with van der Waals surface area (Å²) in [5, 5.41) is 3.34. The van der Waals surface area contributed by atoms with Crippen LogP contribution in [-0.2, 0) is 0 Å². The third kappa shape index (κ3) is 3.00. The molecule has 0 aliphatic rings. The van der Waals surface area contributed by atoms with Gasteiger partial charge in [0.1, 0.15) is 5.82 Å². The summed E-state index contributed by atoms with van der Waals surface area (Å²) in [7, 11) is 0. The SMILES string of the molecule is NCC(Nc1ccc(F)c(Cl)c1)c1ccccc1. The maximum absolute atomic E-state index is 13.1. The summed E-state index contributed by atoms with van der Waals surface area (Å²) in [4.78, 5) is 0. The molecule has 0 radical (unpaired) electrons. The van der Waals surface area contributed by atoms with E-state index >= 15 is 0 Å². The molecule has 0 aromatic heterocycles. The molecule has 94 valence electrons. The van der Waals surface area contributed by atoms with Gasteiger partial charge in [-0.25, -0.2) is 4.39 Å². The lowest BCUT2D eigenvalue weighted by atomic mass is 10.1. The topological polar surface area (TPSA) is 38.0 Å². The molecule has 1 atom stereocenters. The average Bonchev–Trinajstić information content (AvgIpc) is 2.41. The van der Waals surface area contributed by atoms with E-state index in [1.54, 1.807) is 12.1 Å². The Morgan fingerprint density at radius 3 is 2.50 bits per heavy atom. The van der Waals surface area contributed by atoms with Gasteiger partial charge < -0.3 is 11.1 Å². The molecule has 0 fully saturated rings. The Balaban J connectivity index is 2.18. The van der Waals surface area contributed by atoms with Crippen LogP contribution in [0.2, 0.25) is 5.02 Å². The molecule has 2 aromatic carbocycles. The summed E-state index contributed by atoms with van der Waals surface area (Å²) >= 11 is 5.74. The van der Waals surface area contributed by atoms with Gasteiger partial charge in [-0.05, 0) is 23.8 Å². The Hall–Kier alpha value is -1.58. The lowest BCUT2D eigenvalue weighted by Gasteiger charge is -2.18. The van der Waals surface area contributed by atoms with Crippen LogP contribution in [0.25, 0.3) is 0 Å². The zero-order valence-corrected chi connectivity index (χ0v) is 10.5. The first-order valence-electron chi connectivity index (χ1n) is 5.67. The van der Waals surface area contributed by atoms with Crippen LogP contribution >= 0.6 is 11.6 Å². The number of benzene rings is 2. The molecule has 0 saturated heterocycles. The van der Waals surface area contributed by atoms with Gasteiger partial charge in [0, 0.05) is 12.2 Å². The molecule has 0 amide bonds. The van der Waals surface area contributed by atoms with E-state index in [0.717, 1.165) is 11.3 Å². The third-order valence-corrected chi connectivity index (χ3v) is 2.99. The van der Waals surface area contributed by atoms with E-state index in [4.69, 9.17) is 17.3 Å². The second-order valence-corrected chi connectivity index (χ2v) is 4.38. The van der Waals surface area contributed by atoms with Crippen molar-refractivity contribution in [3.8, 4) is 0 Å². The molecule has 1 unspecified atom stereocenters. The van der Waals surface area contributed by atoms with Gasteiger partial charge in [0.15, 0.2) is 0 Å². The molecule has 2 aromatic rings. The van der Waals surface area contributed by atoms with Crippen molar-refractivity contribution in [1.82, 2.24) is 0 Å². The number of nitrogens with two attached hydrogens (primary N) is 1. The summed E-state index contributed by atoms with van der Waals surface area (Å²) < 4.78 is 13.1. The Bertz CT molecular complexity index is 516. The number of hydrogen-bond acceptors (Lipinski definition) is 2. The minimum absolute atomic E-state index is 0.0206. The van der Waals surface area contributed by atoms with Crippen LogP contribution in [0.15, 0.2) is 48.5 Å². The van der Waals surface area contributed by atoms with Gasteiger partial charge in [-0.3, -0.25) is 0 Å². The second kappa shape index (κ2) is 5.85. The molecule has 0 aliphatic carbocycles. The van der Waals surface area contributed by atoms with Gasteiger partial charge in [-0.2, -0.15) is 0 Å². The highest BCUT2D eigenvalue weighted by atomic mass is 35.5. The quantitative estimate of drug-likeness (QED) is 0.886. The fourth-order valence-electron chi connectivity index (χ4n) is 1.75. The highest BCUT2D eigenvalue weighted by Crippen LogP contribution is 2.23. The van der Waals surface area contributed by atoms with E-state index in [0.29, 0.717) is 6.54 Å². The molecule has 2 nitrogen and oxygen atoms in total. The standard InChI is InChI=1S/C14H14ClFN2/c15-12-8-11(6-7-13(12)16)18-14(9-17)10-4-2-1-3-5-10/h1-8,14,18H,9,17H2. The van der Waals surface area contributed by atoms with Crippen molar-refractivity contribution in [1.29, 1.82) is 0 Å². The predicted octanol–water partition coefficient (Wildman–Crippen LogP) is 3.59. The maximum atomic E-state index is 13.1. The Labute approximate surface area is 111 Å². The molecular formula is C14H14ClFN2. The molecule has 0 bridgehead atoms. The Morgan fingerprint density at radius 2 is 1.89 bits per heavy atom. The van der Waals surface area contributed by atoms with Crippen molar-refractivity contribution in [2.45, 2.75) is 6.04 Å². The zero-order valence-electron chi connectivity index (χ0n) is 9.74. The molecular weight excluding hydrogens is 251 g/mol. The van der Waals surface area contributed by atoms with E-state index in [2.05, 4.69) is 5.32 Å². The summed E-state index contributed by atoms with van der Waals surface area (Å²) in [6, 6.07) is 14.4. The molecule has 4 heteroatoms. The molecule has 0 spiro atoms. The molecule has 0 aliphatic heterocycles. The van der Waals surface area contributed by atoms with Crippen LogP contribution in [0.4, 0.5) is 10.1 Å². The van der Waals surface area contributed by atoms with E-state index < -0.39 is 5.82 Å². The largest absolute Gasteiger partial charge is 0.377 e. The first-order chi connectivity index (χ1) is 8.70. The Morgan fingerprint density at radius 1 is 1.17 bits per heavy atom. The van der Waals surface area contributed by atoms with Gasteiger partial charge in [0.05, 0.1) is 11.1 Å². The Kier molecular flexibility index (Phi) is 4.18. The monoisotopic (exact) mass is 264 g/mol. The normalized spacial score (nSPS) is 12.2. The molecule has 3 N–H and O–H groups in total. The summed E-state index contributed by atoms with van der Waals surface area (Å²) in [5.74, 6) is -0.425. The summed E-state index contributed by atoms with van der Waals surface area (Å²) in [6.07, 6.45) is 0. The zero-order chi connectivity index (χ0) is 13.0.